The van der Waals surface area contributed by atoms with E-state index < -0.39 is 0 Å². The smallest absolute Gasteiger partial charge is 0.338 e. The number of nitrogens with zero attached hydrogens (tertiary/aromatic N) is 7. The van der Waals surface area contributed by atoms with Crippen LogP contribution in [0.1, 0.15) is 22.4 Å². The van der Waals surface area contributed by atoms with Gasteiger partial charge in [0, 0.05) is 57.1 Å². The van der Waals surface area contributed by atoms with Crippen LogP contribution in [0.3, 0.4) is 0 Å². The van der Waals surface area contributed by atoms with E-state index in [2.05, 4.69) is 46.5 Å². The van der Waals surface area contributed by atoms with Crippen molar-refractivity contribution in [2.75, 3.05) is 75.9 Å². The second-order valence-corrected chi connectivity index (χ2v) is 10.2. The molecule has 0 unspecified atom stereocenters. The molecule has 0 saturated carbocycles. The Morgan fingerprint density at radius 1 is 0.973 bits per heavy atom. The molecule has 4 aliphatic heterocycles. The molecule has 37 heavy (non-hydrogen) atoms. The molecule has 0 radical (unpaired) electrons. The summed E-state index contributed by atoms with van der Waals surface area (Å²) in [7, 11) is 2.19. The molecular weight excluding hydrogens is 470 g/mol. The first-order valence-corrected chi connectivity index (χ1v) is 13.2. The fourth-order valence-corrected chi connectivity index (χ4v) is 5.70. The number of benzene rings is 1. The first-order valence-electron chi connectivity index (χ1n) is 13.2. The zero-order valence-corrected chi connectivity index (χ0v) is 21.6. The Morgan fingerprint density at radius 3 is 2.57 bits per heavy atom. The van der Waals surface area contributed by atoms with Gasteiger partial charge in [-0.2, -0.15) is 9.97 Å². The molecule has 10 heteroatoms. The second kappa shape index (κ2) is 10.3. The minimum absolute atomic E-state index is 0.0195. The van der Waals surface area contributed by atoms with Crippen molar-refractivity contribution in [2.24, 2.45) is 0 Å². The number of hydrogen-bond acceptors (Lipinski definition) is 9. The predicted molar refractivity (Wildman–Crippen MR) is 140 cm³/mol. The summed E-state index contributed by atoms with van der Waals surface area (Å²) >= 11 is 0. The molecule has 5 heterocycles. The van der Waals surface area contributed by atoms with Crippen LogP contribution in [0.5, 0.6) is 6.01 Å². The van der Waals surface area contributed by atoms with Crippen LogP contribution >= 0.6 is 0 Å². The normalized spacial score (nSPS) is 20.5. The average molecular weight is 506 g/mol. The van der Waals surface area contributed by atoms with Crippen molar-refractivity contribution in [3.05, 3.63) is 53.2 Å². The van der Waals surface area contributed by atoms with Crippen molar-refractivity contribution in [1.82, 2.24) is 24.8 Å². The van der Waals surface area contributed by atoms with Crippen molar-refractivity contribution >= 4 is 17.4 Å². The molecule has 1 amide bonds. The maximum absolute atomic E-state index is 12.1. The lowest BCUT2D eigenvalue weighted by atomic mass is 9.98. The molecular formula is C27H35N7O3. The minimum atomic E-state index is -0.0195. The Labute approximate surface area is 218 Å². The van der Waals surface area contributed by atoms with Gasteiger partial charge in [0.1, 0.15) is 5.82 Å². The first kappa shape index (κ1) is 24.1. The third kappa shape index (κ3) is 4.88. The van der Waals surface area contributed by atoms with Gasteiger partial charge in [-0.05, 0) is 36.7 Å². The SMILES string of the molecule is C=CC(=O)N1CCN(c2nc(ON3CCOCC3)nc3c2CN(c2cccc4c2CN(C)CC4)C3)CC1. The number of hydroxylamine groups is 2. The summed E-state index contributed by atoms with van der Waals surface area (Å²) in [5, 5.41) is 1.88. The van der Waals surface area contributed by atoms with Gasteiger partial charge in [-0.15, -0.1) is 5.06 Å². The second-order valence-electron chi connectivity index (χ2n) is 10.2. The number of aromatic nitrogens is 2. The van der Waals surface area contributed by atoms with Crippen LogP contribution in [-0.2, 0) is 35.6 Å². The molecule has 10 nitrogen and oxygen atoms in total. The molecule has 2 aromatic rings. The Bertz CT molecular complexity index is 1170. The maximum atomic E-state index is 12.1. The number of fused-ring (bicyclic) bond motifs is 2. The Hall–Kier alpha value is -3.21. The van der Waals surface area contributed by atoms with Gasteiger partial charge in [0.05, 0.1) is 38.5 Å². The van der Waals surface area contributed by atoms with E-state index in [1.165, 1.54) is 22.9 Å². The maximum Gasteiger partial charge on any atom is 0.338 e. The van der Waals surface area contributed by atoms with E-state index >= 15 is 0 Å². The highest BCUT2D eigenvalue weighted by molar-refractivity contribution is 5.87. The van der Waals surface area contributed by atoms with Crippen molar-refractivity contribution in [1.29, 1.82) is 0 Å². The quantitative estimate of drug-likeness (QED) is 0.561. The lowest BCUT2D eigenvalue weighted by molar-refractivity contribution is -0.126. The van der Waals surface area contributed by atoms with Crippen LogP contribution in [0.2, 0.25) is 0 Å². The van der Waals surface area contributed by atoms with E-state index in [1.807, 2.05) is 9.96 Å². The molecule has 1 aromatic heterocycles. The lowest BCUT2D eigenvalue weighted by Crippen LogP contribution is -2.49. The third-order valence-corrected chi connectivity index (χ3v) is 7.77. The van der Waals surface area contributed by atoms with Crippen LogP contribution in [0.25, 0.3) is 0 Å². The number of morpholine rings is 1. The number of piperazine rings is 1. The molecule has 0 aliphatic carbocycles. The van der Waals surface area contributed by atoms with Crippen LogP contribution in [0, 0.1) is 0 Å². The summed E-state index contributed by atoms with van der Waals surface area (Å²) in [5.41, 5.74) is 6.31. The lowest BCUT2D eigenvalue weighted by Gasteiger charge is -2.36. The van der Waals surface area contributed by atoms with Crippen LogP contribution in [0.15, 0.2) is 30.9 Å². The average Bonchev–Trinajstić information content (AvgIpc) is 3.36. The number of rotatable bonds is 5. The van der Waals surface area contributed by atoms with Gasteiger partial charge in [-0.1, -0.05) is 18.7 Å². The number of ether oxygens (including phenoxy) is 1. The van der Waals surface area contributed by atoms with Gasteiger partial charge >= 0.3 is 6.01 Å². The number of amides is 1. The van der Waals surface area contributed by atoms with Crippen molar-refractivity contribution < 1.29 is 14.4 Å². The van der Waals surface area contributed by atoms with Crippen molar-refractivity contribution in [3.8, 4) is 6.01 Å². The number of likely N-dealkylation sites (N-methyl/N-ethyl adjacent to an activating group) is 1. The van der Waals surface area contributed by atoms with E-state index in [9.17, 15) is 4.79 Å². The molecule has 0 spiro atoms. The first-order chi connectivity index (χ1) is 18.1. The highest BCUT2D eigenvalue weighted by atomic mass is 16.7. The fourth-order valence-electron chi connectivity index (χ4n) is 5.70. The van der Waals surface area contributed by atoms with Crippen LogP contribution in [-0.4, -0.2) is 96.8 Å². The van der Waals surface area contributed by atoms with Gasteiger partial charge in [0.2, 0.25) is 5.91 Å². The molecule has 0 atom stereocenters. The highest BCUT2D eigenvalue weighted by Crippen LogP contribution is 2.37. The number of carbonyl (C=O) groups excluding carboxylic acids is 1. The van der Waals surface area contributed by atoms with Gasteiger partial charge in [-0.25, -0.2) is 0 Å². The summed E-state index contributed by atoms with van der Waals surface area (Å²) in [5.74, 6) is 0.900. The molecule has 4 aliphatic rings. The zero-order valence-electron chi connectivity index (χ0n) is 21.6. The monoisotopic (exact) mass is 505 g/mol. The van der Waals surface area contributed by atoms with E-state index in [4.69, 9.17) is 19.5 Å². The minimum Gasteiger partial charge on any atom is -0.379 e. The van der Waals surface area contributed by atoms with Gasteiger partial charge in [0.25, 0.3) is 0 Å². The zero-order chi connectivity index (χ0) is 25.4. The summed E-state index contributed by atoms with van der Waals surface area (Å²) in [6, 6.07) is 7.06. The Kier molecular flexibility index (Phi) is 6.71. The molecule has 2 saturated heterocycles. The summed E-state index contributed by atoms with van der Waals surface area (Å²) < 4.78 is 5.46. The molecule has 1 aromatic carbocycles. The van der Waals surface area contributed by atoms with Crippen LogP contribution in [0.4, 0.5) is 11.5 Å². The molecule has 196 valence electrons. The van der Waals surface area contributed by atoms with Crippen molar-refractivity contribution in [2.45, 2.75) is 26.1 Å². The predicted octanol–water partition coefficient (Wildman–Crippen LogP) is 1.45. The summed E-state index contributed by atoms with van der Waals surface area (Å²) in [6.45, 7) is 12.5. The summed E-state index contributed by atoms with van der Waals surface area (Å²) in [6.07, 6.45) is 2.47. The van der Waals surface area contributed by atoms with E-state index in [-0.39, 0.29) is 5.91 Å². The highest BCUT2D eigenvalue weighted by Gasteiger charge is 2.32. The number of anilines is 2. The van der Waals surface area contributed by atoms with E-state index in [1.54, 1.807) is 0 Å². The standard InChI is InChI=1S/C27H35N7O3/c1-3-25(35)31-9-11-32(12-10-31)26-22-18-33(24-6-4-5-20-7-8-30(2)17-21(20)24)19-23(22)28-27(29-26)37-34-13-15-36-16-14-34/h3-6H,1,7-19H2,2H3. The molecule has 2 fully saturated rings. The largest absolute Gasteiger partial charge is 0.379 e. The van der Waals surface area contributed by atoms with Crippen LogP contribution < -0.4 is 14.6 Å². The topological polar surface area (TPSA) is 77.5 Å². The van der Waals surface area contributed by atoms with Gasteiger partial charge in [0.15, 0.2) is 0 Å². The molecule has 0 bridgehead atoms. The van der Waals surface area contributed by atoms with Gasteiger partial charge < -0.3 is 29.2 Å². The van der Waals surface area contributed by atoms with E-state index in [0.717, 1.165) is 49.7 Å². The van der Waals surface area contributed by atoms with E-state index in [0.29, 0.717) is 58.5 Å². The fraction of sp³-hybridized carbons (Fsp3) is 0.519. The molecule has 6 rings (SSSR count). The third-order valence-electron chi connectivity index (χ3n) is 7.77. The van der Waals surface area contributed by atoms with Crippen molar-refractivity contribution in [3.63, 3.8) is 0 Å². The Morgan fingerprint density at radius 2 is 1.78 bits per heavy atom. The molecule has 0 N–H and O–H groups in total. The van der Waals surface area contributed by atoms with Gasteiger partial charge in [-0.3, -0.25) is 4.79 Å². The number of carbonyl (C=O) groups is 1. The number of hydrogen-bond donors (Lipinski definition) is 0. The summed E-state index contributed by atoms with van der Waals surface area (Å²) in [4.78, 5) is 37.0. The Balaban J connectivity index is 1.30.